The number of benzene rings is 2. The lowest BCUT2D eigenvalue weighted by atomic mass is 9.96. The van der Waals surface area contributed by atoms with E-state index in [1.54, 1.807) is 0 Å². The quantitative estimate of drug-likeness (QED) is 0.460. The smallest absolute Gasteiger partial charge is 0.303 e. The third-order valence-corrected chi connectivity index (χ3v) is 4.41. The van der Waals surface area contributed by atoms with Crippen molar-refractivity contribution in [1.29, 1.82) is 0 Å². The number of aliphatic carboxylic acids is 1. The molecule has 2 aromatic rings. The number of hydrogen-bond donors (Lipinski definition) is 1. The normalized spacial score (nSPS) is 10.6. The number of carboxylic acids is 1. The van der Waals surface area contributed by atoms with E-state index >= 15 is 0 Å². The maximum absolute atomic E-state index is 10.7. The molecule has 0 heterocycles. The molecule has 25 heavy (non-hydrogen) atoms. The van der Waals surface area contributed by atoms with E-state index in [0.717, 1.165) is 36.1 Å². The summed E-state index contributed by atoms with van der Waals surface area (Å²) in [7, 11) is 0. The molecule has 0 atom stereocenters. The van der Waals surface area contributed by atoms with Crippen LogP contribution in [0.5, 0.6) is 5.75 Å². The van der Waals surface area contributed by atoms with Crippen LogP contribution in [0.3, 0.4) is 0 Å². The lowest BCUT2D eigenvalue weighted by molar-refractivity contribution is -0.136. The van der Waals surface area contributed by atoms with Crippen LogP contribution in [-0.2, 0) is 17.6 Å². The van der Waals surface area contributed by atoms with Gasteiger partial charge in [-0.3, -0.25) is 4.79 Å². The Hall–Kier alpha value is -2.00. The largest absolute Gasteiger partial charge is 0.494 e. The van der Waals surface area contributed by atoms with Crippen molar-refractivity contribution in [2.75, 3.05) is 12.5 Å². The number of carboxylic acid groups (broad SMARTS) is 1. The van der Waals surface area contributed by atoms with Crippen molar-refractivity contribution >= 4 is 17.6 Å². The van der Waals surface area contributed by atoms with Crippen LogP contribution in [0.4, 0.5) is 0 Å². The average Bonchev–Trinajstić information content (AvgIpc) is 2.64. The predicted molar refractivity (Wildman–Crippen MR) is 103 cm³/mol. The Kier molecular flexibility index (Phi) is 7.80. The molecule has 3 nitrogen and oxygen atoms in total. The minimum absolute atomic E-state index is 0.162. The Balaban J connectivity index is 2.08. The van der Waals surface area contributed by atoms with Crippen LogP contribution >= 0.6 is 11.6 Å². The van der Waals surface area contributed by atoms with Crippen molar-refractivity contribution < 1.29 is 14.6 Å². The predicted octanol–water partition coefficient (Wildman–Crippen LogP) is 5.33. The summed E-state index contributed by atoms with van der Waals surface area (Å²) in [6, 6.07) is 14.4. The van der Waals surface area contributed by atoms with Crippen molar-refractivity contribution in [1.82, 2.24) is 0 Å². The van der Waals surface area contributed by atoms with Crippen molar-refractivity contribution in [2.24, 2.45) is 0 Å². The summed E-state index contributed by atoms with van der Waals surface area (Å²) in [5, 5.41) is 8.77. The molecule has 134 valence electrons. The van der Waals surface area contributed by atoms with Gasteiger partial charge in [0.05, 0.1) is 6.61 Å². The van der Waals surface area contributed by atoms with Gasteiger partial charge < -0.3 is 9.84 Å². The summed E-state index contributed by atoms with van der Waals surface area (Å²) >= 11 is 5.68. The van der Waals surface area contributed by atoms with Gasteiger partial charge in [0.1, 0.15) is 5.75 Å². The maximum Gasteiger partial charge on any atom is 0.303 e. The molecule has 0 spiro atoms. The van der Waals surface area contributed by atoms with Gasteiger partial charge in [-0.2, -0.15) is 0 Å². The average molecular weight is 361 g/mol. The Labute approximate surface area is 154 Å². The highest BCUT2D eigenvalue weighted by Gasteiger charge is 2.07. The van der Waals surface area contributed by atoms with E-state index in [9.17, 15) is 4.79 Å². The van der Waals surface area contributed by atoms with Gasteiger partial charge in [-0.05, 0) is 60.1 Å². The standard InChI is InChI=1S/C21H25ClO3/c1-2-17-15-19(25-14-4-3-13-22)10-11-20(17)18-8-5-16(6-9-18)7-12-21(23)24/h5-6,8-11,15H,2-4,7,12-14H2,1H3,(H,23,24). The van der Waals surface area contributed by atoms with Crippen LogP contribution in [0.15, 0.2) is 42.5 Å². The molecule has 0 aliphatic rings. The SMILES string of the molecule is CCc1cc(OCCCCCl)ccc1-c1ccc(CCC(=O)O)cc1. The Morgan fingerprint density at radius 1 is 1.12 bits per heavy atom. The zero-order valence-electron chi connectivity index (χ0n) is 14.6. The molecule has 0 fully saturated rings. The summed E-state index contributed by atoms with van der Waals surface area (Å²) in [6.45, 7) is 2.82. The van der Waals surface area contributed by atoms with Crippen LogP contribution in [0, 0.1) is 0 Å². The van der Waals surface area contributed by atoms with Crippen LogP contribution in [0.2, 0.25) is 0 Å². The zero-order chi connectivity index (χ0) is 18.1. The highest BCUT2D eigenvalue weighted by molar-refractivity contribution is 6.17. The molecular weight excluding hydrogens is 336 g/mol. The molecule has 0 amide bonds. The molecule has 0 aliphatic carbocycles. The fourth-order valence-corrected chi connectivity index (χ4v) is 2.91. The van der Waals surface area contributed by atoms with Crippen molar-refractivity contribution in [3.63, 3.8) is 0 Å². The number of aryl methyl sites for hydroxylation is 2. The van der Waals surface area contributed by atoms with Crippen LogP contribution in [0.1, 0.15) is 37.3 Å². The number of carbonyl (C=O) groups is 1. The molecule has 0 aromatic heterocycles. The zero-order valence-corrected chi connectivity index (χ0v) is 15.4. The first-order chi connectivity index (χ1) is 12.1. The maximum atomic E-state index is 10.7. The number of unbranched alkanes of at least 4 members (excludes halogenated alkanes) is 1. The van der Waals surface area contributed by atoms with E-state index in [1.165, 1.54) is 11.1 Å². The van der Waals surface area contributed by atoms with E-state index in [2.05, 4.69) is 31.2 Å². The summed E-state index contributed by atoms with van der Waals surface area (Å²) in [5.74, 6) is 0.803. The summed E-state index contributed by atoms with van der Waals surface area (Å²) in [4.78, 5) is 10.7. The third kappa shape index (κ3) is 6.09. The summed E-state index contributed by atoms with van der Waals surface area (Å²) in [5.41, 5.74) is 4.63. The molecule has 0 aliphatic heterocycles. The fraction of sp³-hybridized carbons (Fsp3) is 0.381. The van der Waals surface area contributed by atoms with Crippen LogP contribution < -0.4 is 4.74 Å². The number of ether oxygens (including phenoxy) is 1. The lowest BCUT2D eigenvalue weighted by Gasteiger charge is -2.12. The molecular formula is C21H25ClO3. The van der Waals surface area contributed by atoms with Crippen molar-refractivity contribution in [3.05, 3.63) is 53.6 Å². The van der Waals surface area contributed by atoms with Crippen LogP contribution in [0.25, 0.3) is 11.1 Å². The summed E-state index contributed by atoms with van der Waals surface area (Å²) in [6.07, 6.45) is 3.58. The molecule has 0 unspecified atom stereocenters. The van der Waals surface area contributed by atoms with E-state index in [0.29, 0.717) is 18.9 Å². The van der Waals surface area contributed by atoms with Gasteiger partial charge in [0.25, 0.3) is 0 Å². The molecule has 2 aromatic carbocycles. The van der Waals surface area contributed by atoms with Gasteiger partial charge in [-0.25, -0.2) is 0 Å². The van der Waals surface area contributed by atoms with Gasteiger partial charge in [0.15, 0.2) is 0 Å². The Bertz CT molecular complexity index is 680. The Morgan fingerprint density at radius 3 is 2.52 bits per heavy atom. The second-order valence-corrected chi connectivity index (χ2v) is 6.39. The van der Waals surface area contributed by atoms with E-state index in [1.807, 2.05) is 18.2 Å². The number of alkyl halides is 1. The highest BCUT2D eigenvalue weighted by Crippen LogP contribution is 2.28. The van der Waals surface area contributed by atoms with E-state index < -0.39 is 5.97 Å². The van der Waals surface area contributed by atoms with Crippen molar-refractivity contribution in [3.8, 4) is 16.9 Å². The minimum Gasteiger partial charge on any atom is -0.494 e. The first-order valence-electron chi connectivity index (χ1n) is 8.76. The fourth-order valence-electron chi connectivity index (χ4n) is 2.72. The number of hydrogen-bond acceptors (Lipinski definition) is 2. The van der Waals surface area contributed by atoms with E-state index in [4.69, 9.17) is 21.4 Å². The second kappa shape index (κ2) is 10.1. The molecule has 0 radical (unpaired) electrons. The highest BCUT2D eigenvalue weighted by atomic mass is 35.5. The molecule has 0 saturated heterocycles. The van der Waals surface area contributed by atoms with Crippen molar-refractivity contribution in [2.45, 2.75) is 39.0 Å². The lowest BCUT2D eigenvalue weighted by Crippen LogP contribution is -1.99. The molecule has 0 saturated carbocycles. The third-order valence-electron chi connectivity index (χ3n) is 4.15. The van der Waals surface area contributed by atoms with Gasteiger partial charge in [-0.1, -0.05) is 37.3 Å². The van der Waals surface area contributed by atoms with E-state index in [-0.39, 0.29) is 6.42 Å². The molecule has 0 bridgehead atoms. The van der Waals surface area contributed by atoms with Gasteiger partial charge in [0.2, 0.25) is 0 Å². The molecule has 1 N–H and O–H groups in total. The van der Waals surface area contributed by atoms with Gasteiger partial charge >= 0.3 is 5.97 Å². The molecule has 4 heteroatoms. The molecule has 2 rings (SSSR count). The topological polar surface area (TPSA) is 46.5 Å². The first kappa shape index (κ1) is 19.3. The van der Waals surface area contributed by atoms with Gasteiger partial charge in [-0.15, -0.1) is 11.6 Å². The Morgan fingerprint density at radius 2 is 1.88 bits per heavy atom. The van der Waals surface area contributed by atoms with Gasteiger partial charge in [0, 0.05) is 12.3 Å². The number of rotatable bonds is 10. The number of halogens is 1. The monoisotopic (exact) mass is 360 g/mol. The van der Waals surface area contributed by atoms with Crippen LogP contribution in [-0.4, -0.2) is 23.6 Å². The second-order valence-electron chi connectivity index (χ2n) is 6.01. The summed E-state index contributed by atoms with van der Waals surface area (Å²) < 4.78 is 5.80. The first-order valence-corrected chi connectivity index (χ1v) is 9.30. The minimum atomic E-state index is -0.765.